The molecule has 0 unspecified atom stereocenters. The predicted octanol–water partition coefficient (Wildman–Crippen LogP) is 3.07. The molecule has 0 spiro atoms. The molecule has 0 aromatic heterocycles. The average Bonchev–Trinajstić information content (AvgIpc) is 2.63. The van der Waals surface area contributed by atoms with Crippen LogP contribution >= 0.6 is 21.9 Å². The molecule has 0 saturated carbocycles. The Morgan fingerprint density at radius 1 is 1.00 bits per heavy atom. The molecule has 0 aliphatic rings. The summed E-state index contributed by atoms with van der Waals surface area (Å²) in [6.07, 6.45) is -0.655. The first-order chi connectivity index (χ1) is 12.6. The molecule has 4 N–H and O–H groups in total. The van der Waals surface area contributed by atoms with Crippen molar-refractivity contribution in [3.63, 3.8) is 0 Å². The summed E-state index contributed by atoms with van der Waals surface area (Å²) in [5.41, 5.74) is 5.54. The minimum absolute atomic E-state index is 0.0989. The van der Waals surface area contributed by atoms with Gasteiger partial charge in [-0.15, -0.1) is 0 Å². The molecule has 2 aromatic rings. The summed E-state index contributed by atoms with van der Waals surface area (Å²) in [6.45, 7) is 0.406. The quantitative estimate of drug-likeness (QED) is 0.343. The van der Waals surface area contributed by atoms with Crippen LogP contribution in [0.5, 0.6) is 0 Å². The molecule has 0 heterocycles. The van der Waals surface area contributed by atoms with E-state index in [4.69, 9.17) is 5.73 Å². The lowest BCUT2D eigenvalue weighted by Gasteiger charge is -2.09. The minimum Gasteiger partial charge on any atom is -0.363 e. The van der Waals surface area contributed by atoms with Gasteiger partial charge >= 0.3 is 6.09 Å². The maximum absolute atomic E-state index is 12.1. The third-order valence-electron chi connectivity index (χ3n) is 3.31. The smallest absolute Gasteiger partial charge is 0.363 e. The molecule has 3 amide bonds. The van der Waals surface area contributed by atoms with Gasteiger partial charge in [-0.25, -0.2) is 4.79 Å². The first-order valence-electron chi connectivity index (χ1n) is 7.86. The number of hydrogen-bond acceptors (Lipinski definition) is 6. The van der Waals surface area contributed by atoms with Crippen molar-refractivity contribution in [1.82, 2.24) is 5.32 Å². The van der Waals surface area contributed by atoms with Gasteiger partial charge in [0.2, 0.25) is 11.8 Å². The van der Waals surface area contributed by atoms with E-state index >= 15 is 0 Å². The molecule has 9 heteroatoms. The van der Waals surface area contributed by atoms with Crippen molar-refractivity contribution >= 4 is 56.2 Å². The molecule has 0 aliphatic heterocycles. The average molecular weight is 393 g/mol. The lowest BCUT2D eigenvalue weighted by molar-refractivity contribution is -0.124. The maximum atomic E-state index is 12.1. The van der Waals surface area contributed by atoms with Crippen LogP contribution in [0.1, 0.15) is 12.8 Å². The van der Waals surface area contributed by atoms with Crippen molar-refractivity contribution in [2.24, 2.45) is 5.73 Å². The highest BCUT2D eigenvalue weighted by atomic mass is 33.1. The molecule has 0 atom stereocenters. The first-order valence-corrected chi connectivity index (χ1v) is 10.1. The van der Waals surface area contributed by atoms with E-state index in [1.54, 1.807) is 0 Å². The fourth-order valence-corrected chi connectivity index (χ4v) is 3.35. The first kappa shape index (κ1) is 19.9. The predicted molar refractivity (Wildman–Crippen MR) is 106 cm³/mol. The van der Waals surface area contributed by atoms with E-state index in [1.165, 1.54) is 10.8 Å². The molecule has 2 rings (SSSR count). The molecule has 2 aromatic carbocycles. The van der Waals surface area contributed by atoms with Crippen molar-refractivity contribution in [1.29, 1.82) is 0 Å². The molecule has 138 valence electrons. The van der Waals surface area contributed by atoms with Gasteiger partial charge in [-0.2, -0.15) is 0 Å². The third-order valence-corrected chi connectivity index (χ3v) is 5.01. The van der Waals surface area contributed by atoms with Crippen LogP contribution in [-0.2, 0) is 13.8 Å². The van der Waals surface area contributed by atoms with Crippen LogP contribution in [0.15, 0.2) is 42.5 Å². The number of carbonyl (C=O) groups excluding carboxylic acids is 3. The van der Waals surface area contributed by atoms with E-state index in [0.717, 1.165) is 27.5 Å². The van der Waals surface area contributed by atoms with E-state index in [9.17, 15) is 14.4 Å². The summed E-state index contributed by atoms with van der Waals surface area (Å²) in [4.78, 5) is 34.2. The summed E-state index contributed by atoms with van der Waals surface area (Å²) in [5.74, 6) is 0.127. The minimum atomic E-state index is -0.858. The van der Waals surface area contributed by atoms with E-state index in [0.29, 0.717) is 12.3 Å². The summed E-state index contributed by atoms with van der Waals surface area (Å²) in [7, 11) is 1.25. The summed E-state index contributed by atoms with van der Waals surface area (Å²) in [5, 5.41) is 7.54. The fourth-order valence-electron chi connectivity index (χ4n) is 2.19. The lowest BCUT2D eigenvalue weighted by atomic mass is 10.1. The largest absolute Gasteiger partial charge is 0.417 e. The summed E-state index contributed by atoms with van der Waals surface area (Å²) in [6, 6.07) is 13.5. The Morgan fingerprint density at radius 2 is 1.73 bits per heavy atom. The highest BCUT2D eigenvalue weighted by Crippen LogP contribution is 2.23. The Balaban J connectivity index is 1.68. The van der Waals surface area contributed by atoms with E-state index in [1.807, 2.05) is 42.5 Å². The number of anilines is 1. The van der Waals surface area contributed by atoms with Crippen LogP contribution in [0.2, 0.25) is 0 Å². The molecule has 0 aliphatic carbocycles. The van der Waals surface area contributed by atoms with Crippen LogP contribution in [0.25, 0.3) is 10.8 Å². The van der Waals surface area contributed by atoms with Crippen molar-refractivity contribution in [2.75, 3.05) is 17.6 Å². The molecular formula is C17H19N3O4S2. The van der Waals surface area contributed by atoms with Crippen LogP contribution < -0.4 is 16.4 Å². The number of primary amides is 1. The maximum Gasteiger partial charge on any atom is 0.417 e. The zero-order valence-electron chi connectivity index (χ0n) is 13.9. The Kier molecular flexibility index (Phi) is 8.10. The Labute approximate surface area is 159 Å². The zero-order valence-corrected chi connectivity index (χ0v) is 15.5. The van der Waals surface area contributed by atoms with Gasteiger partial charge in [0.1, 0.15) is 11.1 Å². The second-order valence-corrected chi connectivity index (χ2v) is 7.28. The highest BCUT2D eigenvalue weighted by Gasteiger charge is 2.09. The number of fused-ring (bicyclic) bond motifs is 1. The van der Waals surface area contributed by atoms with Gasteiger partial charge in [0.05, 0.1) is 0 Å². The van der Waals surface area contributed by atoms with Gasteiger partial charge in [0.15, 0.2) is 0 Å². The monoisotopic (exact) mass is 393 g/mol. The van der Waals surface area contributed by atoms with Gasteiger partial charge in [-0.3, -0.25) is 9.59 Å². The zero-order chi connectivity index (χ0) is 18.8. The normalized spacial score (nSPS) is 10.3. The van der Waals surface area contributed by atoms with Gasteiger partial charge in [-0.1, -0.05) is 36.4 Å². The van der Waals surface area contributed by atoms with Crippen molar-refractivity contribution in [2.45, 2.75) is 12.8 Å². The molecule has 0 fully saturated rings. The van der Waals surface area contributed by atoms with Gasteiger partial charge in [0, 0.05) is 36.2 Å². The second-order valence-electron chi connectivity index (χ2n) is 5.22. The van der Waals surface area contributed by atoms with Crippen LogP contribution in [0, 0.1) is 0 Å². The Morgan fingerprint density at radius 3 is 2.54 bits per heavy atom. The number of nitrogens with two attached hydrogens (primary N) is 1. The molecule has 0 bridgehead atoms. The fraction of sp³-hybridized carbons (Fsp3) is 0.235. The molecule has 26 heavy (non-hydrogen) atoms. The van der Waals surface area contributed by atoms with E-state index in [-0.39, 0.29) is 24.7 Å². The van der Waals surface area contributed by atoms with Crippen LogP contribution in [0.4, 0.5) is 10.5 Å². The van der Waals surface area contributed by atoms with E-state index in [2.05, 4.69) is 14.8 Å². The standard InChI is InChI=1S/C17H19N3O4S2/c18-17(23)24-26-25-11-10-19-15(21)8-9-16(22)20-14-7-3-5-12-4-1-2-6-13(12)14/h1-7H,8-11H2,(H2,18,23)(H,19,21)(H,20,22). The third kappa shape index (κ3) is 6.85. The number of rotatable bonds is 9. The van der Waals surface area contributed by atoms with Crippen LogP contribution in [-0.4, -0.2) is 30.2 Å². The number of benzene rings is 2. The summed E-state index contributed by atoms with van der Waals surface area (Å²) < 4.78 is 4.47. The molecule has 7 nitrogen and oxygen atoms in total. The van der Waals surface area contributed by atoms with Gasteiger partial charge in [-0.05, 0) is 22.2 Å². The molecule has 0 saturated heterocycles. The Bertz CT molecular complexity index is 780. The SMILES string of the molecule is NC(=O)OSSCCNC(=O)CCC(=O)Nc1cccc2ccccc12. The van der Waals surface area contributed by atoms with Crippen molar-refractivity contribution in [3.05, 3.63) is 42.5 Å². The summed E-state index contributed by atoms with van der Waals surface area (Å²) >= 11 is 0.860. The van der Waals surface area contributed by atoms with Crippen molar-refractivity contribution < 1.29 is 18.6 Å². The number of hydrogen-bond donors (Lipinski definition) is 3. The van der Waals surface area contributed by atoms with E-state index < -0.39 is 6.09 Å². The van der Waals surface area contributed by atoms with Gasteiger partial charge in [0.25, 0.3) is 0 Å². The Hall–Kier alpha value is -2.39. The molecular weight excluding hydrogens is 374 g/mol. The second kappa shape index (κ2) is 10.6. The van der Waals surface area contributed by atoms with Crippen molar-refractivity contribution in [3.8, 4) is 0 Å². The van der Waals surface area contributed by atoms with Crippen LogP contribution in [0.3, 0.4) is 0 Å². The number of amides is 3. The van der Waals surface area contributed by atoms with Gasteiger partial charge < -0.3 is 20.6 Å². The topological polar surface area (TPSA) is 111 Å². The number of nitrogens with one attached hydrogen (secondary N) is 2. The highest BCUT2D eigenvalue weighted by molar-refractivity contribution is 8.75. The number of carbonyl (C=O) groups is 3. The lowest BCUT2D eigenvalue weighted by Crippen LogP contribution is -2.26. The molecule has 0 radical (unpaired) electrons.